The second kappa shape index (κ2) is 6.53. The molecule has 1 saturated heterocycles. The number of carbonyl (C=O) groups excluding carboxylic acids is 3. The topological polar surface area (TPSA) is 97.4 Å². The zero-order valence-electron chi connectivity index (χ0n) is 11.3. The van der Waals surface area contributed by atoms with Crippen LogP contribution in [-0.4, -0.2) is 34.9 Å². The van der Waals surface area contributed by atoms with Gasteiger partial charge in [0.1, 0.15) is 6.04 Å². The molecule has 1 aromatic heterocycles. The molecular weight excluding hydrogens is 298 g/mol. The Balaban J connectivity index is 1.89. The van der Waals surface area contributed by atoms with Crippen molar-refractivity contribution in [1.29, 1.82) is 0 Å². The van der Waals surface area contributed by atoms with Crippen molar-refractivity contribution in [1.82, 2.24) is 10.3 Å². The first-order valence-electron chi connectivity index (χ1n) is 6.38. The molecule has 0 aromatic carbocycles. The highest BCUT2D eigenvalue weighted by Crippen LogP contribution is 2.18. The molecule has 0 spiro atoms. The fourth-order valence-corrected chi connectivity index (χ4v) is 1.98. The van der Waals surface area contributed by atoms with Crippen LogP contribution in [0.3, 0.4) is 0 Å². The molecule has 8 heteroatoms. The minimum absolute atomic E-state index is 0.146. The third-order valence-electron chi connectivity index (χ3n) is 2.96. The number of halogens is 1. The first-order valence-corrected chi connectivity index (χ1v) is 6.76. The number of ether oxygens (including phenoxy) is 1. The highest BCUT2D eigenvalue weighted by atomic mass is 35.5. The molecule has 1 aromatic rings. The van der Waals surface area contributed by atoms with Crippen LogP contribution in [0.4, 0.5) is 5.69 Å². The second-order valence-corrected chi connectivity index (χ2v) is 4.93. The number of amides is 2. The molecule has 1 fully saturated rings. The van der Waals surface area contributed by atoms with E-state index < -0.39 is 24.0 Å². The first-order chi connectivity index (χ1) is 9.97. The van der Waals surface area contributed by atoms with E-state index in [4.69, 9.17) is 16.3 Å². The Morgan fingerprint density at radius 2 is 2.33 bits per heavy atom. The lowest BCUT2D eigenvalue weighted by atomic mass is 10.2. The molecule has 2 rings (SSSR count). The quantitative estimate of drug-likeness (QED) is 0.635. The third kappa shape index (κ3) is 3.91. The summed E-state index contributed by atoms with van der Waals surface area (Å²) in [4.78, 5) is 38.5. The zero-order valence-corrected chi connectivity index (χ0v) is 12.0. The number of hydrogen-bond donors (Lipinski definition) is 2. The molecule has 2 heterocycles. The van der Waals surface area contributed by atoms with Crippen LogP contribution in [-0.2, 0) is 19.1 Å². The number of nitrogens with zero attached hydrogens (tertiary/aromatic N) is 1. The Morgan fingerprint density at radius 3 is 2.95 bits per heavy atom. The summed E-state index contributed by atoms with van der Waals surface area (Å²) in [6, 6.07) is 2.51. The molecule has 0 radical (unpaired) electrons. The molecule has 7 nitrogen and oxygen atoms in total. The van der Waals surface area contributed by atoms with E-state index in [0.717, 1.165) is 0 Å². The van der Waals surface area contributed by atoms with Crippen molar-refractivity contribution in [2.75, 3.05) is 5.32 Å². The van der Waals surface area contributed by atoms with E-state index >= 15 is 0 Å². The average molecular weight is 312 g/mol. The molecule has 1 aliphatic heterocycles. The van der Waals surface area contributed by atoms with Crippen molar-refractivity contribution in [3.05, 3.63) is 23.5 Å². The number of rotatable bonds is 4. The lowest BCUT2D eigenvalue weighted by Crippen LogP contribution is -2.39. The summed E-state index contributed by atoms with van der Waals surface area (Å²) in [5.41, 5.74) is 0.334. The number of esters is 1. The summed E-state index contributed by atoms with van der Waals surface area (Å²) < 4.78 is 5.03. The summed E-state index contributed by atoms with van der Waals surface area (Å²) in [5, 5.41) is 5.14. The van der Waals surface area contributed by atoms with Crippen LogP contribution in [0.1, 0.15) is 19.8 Å². The van der Waals surface area contributed by atoms with Gasteiger partial charge in [-0.05, 0) is 25.5 Å². The maximum Gasteiger partial charge on any atom is 0.329 e. The van der Waals surface area contributed by atoms with Gasteiger partial charge in [-0.3, -0.25) is 9.59 Å². The Morgan fingerprint density at radius 1 is 1.57 bits per heavy atom. The fourth-order valence-electron chi connectivity index (χ4n) is 1.81. The molecule has 0 unspecified atom stereocenters. The Labute approximate surface area is 126 Å². The molecule has 112 valence electrons. The average Bonchev–Trinajstić information content (AvgIpc) is 2.88. The molecule has 0 saturated carbocycles. The zero-order chi connectivity index (χ0) is 15.4. The lowest BCUT2D eigenvalue weighted by Gasteiger charge is -2.16. The number of carbonyl (C=O) groups is 3. The van der Waals surface area contributed by atoms with E-state index in [1.165, 1.54) is 13.1 Å². The van der Waals surface area contributed by atoms with Gasteiger partial charge in [0, 0.05) is 12.6 Å². The number of anilines is 1. The van der Waals surface area contributed by atoms with Gasteiger partial charge in [0.15, 0.2) is 11.3 Å². The number of nitrogens with one attached hydrogen (secondary N) is 2. The molecule has 1 aliphatic rings. The minimum atomic E-state index is -1.01. The smallest absolute Gasteiger partial charge is 0.329 e. The van der Waals surface area contributed by atoms with Crippen LogP contribution < -0.4 is 10.6 Å². The summed E-state index contributed by atoms with van der Waals surface area (Å²) in [5.74, 6) is -1.35. The van der Waals surface area contributed by atoms with Crippen LogP contribution in [0, 0.1) is 0 Å². The van der Waals surface area contributed by atoms with E-state index in [1.807, 2.05) is 0 Å². The predicted octanol–water partition coefficient (Wildman–Crippen LogP) is 0.884. The van der Waals surface area contributed by atoms with Crippen LogP contribution in [0.25, 0.3) is 0 Å². The summed E-state index contributed by atoms with van der Waals surface area (Å²) in [7, 11) is 0. The Hall–Kier alpha value is -2.15. The molecule has 0 aliphatic carbocycles. The van der Waals surface area contributed by atoms with E-state index in [9.17, 15) is 14.4 Å². The highest BCUT2D eigenvalue weighted by Gasteiger charge is 2.30. The van der Waals surface area contributed by atoms with Crippen molar-refractivity contribution < 1.29 is 19.1 Å². The monoisotopic (exact) mass is 311 g/mol. The minimum Gasteiger partial charge on any atom is -0.451 e. The largest absolute Gasteiger partial charge is 0.451 e. The van der Waals surface area contributed by atoms with Crippen molar-refractivity contribution >= 4 is 35.1 Å². The van der Waals surface area contributed by atoms with Gasteiger partial charge in [0.25, 0.3) is 5.91 Å². The van der Waals surface area contributed by atoms with E-state index in [-0.39, 0.29) is 17.5 Å². The van der Waals surface area contributed by atoms with Gasteiger partial charge in [-0.1, -0.05) is 11.6 Å². The lowest BCUT2D eigenvalue weighted by molar-refractivity contribution is -0.155. The van der Waals surface area contributed by atoms with Crippen LogP contribution in [0.5, 0.6) is 0 Å². The fraction of sp³-hybridized carbons (Fsp3) is 0.385. The number of hydrogen-bond acceptors (Lipinski definition) is 5. The van der Waals surface area contributed by atoms with Gasteiger partial charge < -0.3 is 15.4 Å². The summed E-state index contributed by atoms with van der Waals surface area (Å²) in [6.07, 6.45) is 1.14. The highest BCUT2D eigenvalue weighted by molar-refractivity contribution is 6.32. The normalized spacial score (nSPS) is 18.8. The van der Waals surface area contributed by atoms with E-state index in [1.54, 1.807) is 12.1 Å². The maximum absolute atomic E-state index is 11.9. The van der Waals surface area contributed by atoms with Crippen molar-refractivity contribution in [3.63, 3.8) is 0 Å². The van der Waals surface area contributed by atoms with E-state index in [0.29, 0.717) is 12.1 Å². The molecule has 2 amide bonds. The summed E-state index contributed by atoms with van der Waals surface area (Å²) in [6.45, 7) is 1.44. The number of aromatic nitrogens is 1. The van der Waals surface area contributed by atoms with Gasteiger partial charge in [-0.2, -0.15) is 0 Å². The van der Waals surface area contributed by atoms with Crippen molar-refractivity contribution in [2.45, 2.75) is 31.9 Å². The molecule has 2 N–H and O–H groups in total. The van der Waals surface area contributed by atoms with Crippen LogP contribution in [0.15, 0.2) is 18.3 Å². The number of pyridine rings is 1. The third-order valence-corrected chi connectivity index (χ3v) is 3.26. The molecule has 2 atom stereocenters. The second-order valence-electron chi connectivity index (χ2n) is 4.57. The summed E-state index contributed by atoms with van der Waals surface area (Å²) >= 11 is 5.82. The SMILES string of the molecule is C[C@@H](OC(=O)[C@H]1CCC(=O)N1)C(=O)Nc1cccnc1Cl. The molecule has 0 bridgehead atoms. The first kappa shape index (κ1) is 15.2. The van der Waals surface area contributed by atoms with Gasteiger partial charge in [0.2, 0.25) is 5.91 Å². The Kier molecular flexibility index (Phi) is 4.74. The molecular formula is C13H14ClN3O4. The van der Waals surface area contributed by atoms with E-state index in [2.05, 4.69) is 15.6 Å². The maximum atomic E-state index is 11.9. The molecule has 21 heavy (non-hydrogen) atoms. The van der Waals surface area contributed by atoms with Crippen molar-refractivity contribution in [2.24, 2.45) is 0 Å². The van der Waals surface area contributed by atoms with Gasteiger partial charge >= 0.3 is 5.97 Å². The Bertz CT molecular complexity index is 578. The van der Waals surface area contributed by atoms with Crippen LogP contribution in [0.2, 0.25) is 5.15 Å². The van der Waals surface area contributed by atoms with Crippen molar-refractivity contribution in [3.8, 4) is 0 Å². The van der Waals surface area contributed by atoms with Crippen LogP contribution >= 0.6 is 11.6 Å². The van der Waals surface area contributed by atoms with Gasteiger partial charge in [-0.25, -0.2) is 9.78 Å². The van der Waals surface area contributed by atoms with Gasteiger partial charge in [-0.15, -0.1) is 0 Å². The standard InChI is InChI=1S/C13H14ClN3O4/c1-7(21-13(20)9-4-5-10(18)16-9)12(19)17-8-3-2-6-15-11(8)14/h2-3,6-7,9H,4-5H2,1H3,(H,16,18)(H,17,19)/t7-,9-/m1/s1. The van der Waals surface area contributed by atoms with Gasteiger partial charge in [0.05, 0.1) is 5.69 Å². The predicted molar refractivity (Wildman–Crippen MR) is 74.6 cm³/mol.